The van der Waals surface area contributed by atoms with E-state index in [1.165, 1.54) is 11.1 Å². The maximum atomic E-state index is 11.2. The fraction of sp³-hybridized carbons (Fsp3) is 0.632. The van der Waals surface area contributed by atoms with Crippen molar-refractivity contribution < 1.29 is 15.0 Å². The molecule has 2 fully saturated rings. The van der Waals surface area contributed by atoms with Crippen molar-refractivity contribution in [3.63, 3.8) is 0 Å². The summed E-state index contributed by atoms with van der Waals surface area (Å²) in [6, 6.07) is 5.70. The van der Waals surface area contributed by atoms with Crippen molar-refractivity contribution in [2.45, 2.75) is 57.5 Å². The predicted molar refractivity (Wildman–Crippen MR) is 84.0 cm³/mol. The molecule has 0 bridgehead atoms. The molecule has 4 rings (SSSR count). The van der Waals surface area contributed by atoms with Crippen molar-refractivity contribution in [2.75, 3.05) is 0 Å². The van der Waals surface area contributed by atoms with Crippen molar-refractivity contribution in [3.8, 4) is 0 Å². The van der Waals surface area contributed by atoms with Crippen molar-refractivity contribution in [2.24, 2.45) is 17.3 Å². The summed E-state index contributed by atoms with van der Waals surface area (Å²) in [6.07, 6.45) is 6.34. The molecule has 1 aromatic carbocycles. The molecule has 0 aromatic heterocycles. The molecule has 1 aromatic rings. The Morgan fingerprint density at radius 2 is 2.05 bits per heavy atom. The Bertz CT molecular complexity index is 623. The van der Waals surface area contributed by atoms with E-state index in [0.717, 1.165) is 38.5 Å². The van der Waals surface area contributed by atoms with Crippen molar-refractivity contribution in [1.82, 2.24) is 0 Å². The summed E-state index contributed by atoms with van der Waals surface area (Å²) in [4.78, 5) is 11.2. The van der Waals surface area contributed by atoms with Gasteiger partial charge in [-0.3, -0.25) is 0 Å². The van der Waals surface area contributed by atoms with Crippen LogP contribution in [0.4, 0.5) is 0 Å². The van der Waals surface area contributed by atoms with Crippen LogP contribution in [-0.2, 0) is 6.42 Å². The van der Waals surface area contributed by atoms with Gasteiger partial charge >= 0.3 is 5.97 Å². The molecule has 3 aliphatic carbocycles. The van der Waals surface area contributed by atoms with E-state index in [4.69, 9.17) is 0 Å². The van der Waals surface area contributed by atoms with Crippen LogP contribution in [0.25, 0.3) is 0 Å². The van der Waals surface area contributed by atoms with Crippen molar-refractivity contribution in [1.29, 1.82) is 0 Å². The van der Waals surface area contributed by atoms with Gasteiger partial charge in [-0.2, -0.15) is 0 Å². The molecule has 2 saturated carbocycles. The highest BCUT2D eigenvalue weighted by atomic mass is 16.4. The summed E-state index contributed by atoms with van der Waals surface area (Å²) in [5.41, 5.74) is 3.14. The first-order valence-electron chi connectivity index (χ1n) is 8.55. The van der Waals surface area contributed by atoms with Gasteiger partial charge in [-0.15, -0.1) is 0 Å². The third kappa shape index (κ3) is 1.88. The van der Waals surface area contributed by atoms with E-state index in [-0.39, 0.29) is 11.5 Å². The zero-order valence-corrected chi connectivity index (χ0v) is 13.1. The number of benzene rings is 1. The van der Waals surface area contributed by atoms with E-state index in [2.05, 4.69) is 13.0 Å². The first kappa shape index (κ1) is 14.3. The molecular formula is C19H24O3. The first-order chi connectivity index (χ1) is 10.5. The lowest BCUT2D eigenvalue weighted by atomic mass is 9.55. The minimum Gasteiger partial charge on any atom is -0.478 e. The van der Waals surface area contributed by atoms with Crippen molar-refractivity contribution >= 4 is 5.97 Å². The molecule has 0 amide bonds. The van der Waals surface area contributed by atoms with Gasteiger partial charge in [0.05, 0.1) is 11.7 Å². The number of aryl methyl sites for hydroxylation is 1. The average Bonchev–Trinajstić information content (AvgIpc) is 2.82. The second kappa shape index (κ2) is 4.82. The fourth-order valence-electron chi connectivity index (χ4n) is 5.69. The van der Waals surface area contributed by atoms with E-state index in [9.17, 15) is 15.0 Å². The normalized spacial score (nSPS) is 39.7. The molecular weight excluding hydrogens is 276 g/mol. The molecule has 0 saturated heterocycles. The first-order valence-corrected chi connectivity index (χ1v) is 8.55. The second-order valence-corrected chi connectivity index (χ2v) is 7.77. The van der Waals surface area contributed by atoms with E-state index in [1.807, 2.05) is 6.07 Å². The minimum absolute atomic E-state index is 0.111. The van der Waals surface area contributed by atoms with Crippen LogP contribution in [0.2, 0.25) is 0 Å². The average molecular weight is 300 g/mol. The molecule has 0 radical (unpaired) electrons. The second-order valence-electron chi connectivity index (χ2n) is 7.77. The highest BCUT2D eigenvalue weighted by molar-refractivity contribution is 5.88. The quantitative estimate of drug-likeness (QED) is 0.833. The number of hydrogen-bond acceptors (Lipinski definition) is 2. The van der Waals surface area contributed by atoms with Crippen LogP contribution in [0, 0.1) is 17.3 Å². The summed E-state index contributed by atoms with van der Waals surface area (Å²) in [5, 5.41) is 19.6. The Kier molecular flexibility index (Phi) is 3.12. The minimum atomic E-state index is -0.833. The van der Waals surface area contributed by atoms with Gasteiger partial charge in [-0.25, -0.2) is 4.79 Å². The number of aliphatic hydroxyl groups is 1. The van der Waals surface area contributed by atoms with Gasteiger partial charge < -0.3 is 10.2 Å². The third-order valence-corrected chi connectivity index (χ3v) is 6.92. The number of fused-ring (bicyclic) bond motifs is 5. The van der Waals surface area contributed by atoms with Crippen LogP contribution in [0.5, 0.6) is 0 Å². The summed E-state index contributed by atoms with van der Waals surface area (Å²) in [6.45, 7) is 2.29. The van der Waals surface area contributed by atoms with E-state index in [0.29, 0.717) is 23.3 Å². The summed E-state index contributed by atoms with van der Waals surface area (Å²) < 4.78 is 0. The van der Waals surface area contributed by atoms with Gasteiger partial charge in [0, 0.05) is 0 Å². The van der Waals surface area contributed by atoms with Crippen LogP contribution >= 0.6 is 0 Å². The topological polar surface area (TPSA) is 57.5 Å². The molecule has 0 aliphatic heterocycles. The molecule has 22 heavy (non-hydrogen) atoms. The molecule has 1 unspecified atom stereocenters. The molecule has 3 nitrogen and oxygen atoms in total. The third-order valence-electron chi connectivity index (χ3n) is 6.92. The van der Waals surface area contributed by atoms with Crippen LogP contribution in [0.3, 0.4) is 0 Å². The Labute approximate surface area is 131 Å². The van der Waals surface area contributed by atoms with Gasteiger partial charge in [0.25, 0.3) is 0 Å². The molecule has 2 N–H and O–H groups in total. The smallest absolute Gasteiger partial charge is 0.335 e. The van der Waals surface area contributed by atoms with Crippen LogP contribution in [0.1, 0.15) is 66.4 Å². The molecule has 0 heterocycles. The SMILES string of the molecule is C[C@]12CC[C@@H]3c4ccc(C(=O)O)cc4CC[C@H]3[C@@H]1CCC2O. The van der Waals surface area contributed by atoms with E-state index >= 15 is 0 Å². The van der Waals surface area contributed by atoms with Gasteiger partial charge in [-0.1, -0.05) is 13.0 Å². The molecule has 5 atom stereocenters. The number of carboxylic acids is 1. The summed E-state index contributed by atoms with van der Waals surface area (Å²) >= 11 is 0. The monoisotopic (exact) mass is 300 g/mol. The number of carbonyl (C=O) groups is 1. The van der Waals surface area contributed by atoms with Gasteiger partial charge in [0.1, 0.15) is 0 Å². The molecule has 3 aliphatic rings. The van der Waals surface area contributed by atoms with Crippen LogP contribution in [0.15, 0.2) is 18.2 Å². The maximum Gasteiger partial charge on any atom is 0.335 e. The summed E-state index contributed by atoms with van der Waals surface area (Å²) in [7, 11) is 0. The van der Waals surface area contributed by atoms with Crippen LogP contribution in [-0.4, -0.2) is 22.3 Å². The van der Waals surface area contributed by atoms with Crippen LogP contribution < -0.4 is 0 Å². The van der Waals surface area contributed by atoms with Gasteiger partial charge in [0.15, 0.2) is 0 Å². The highest BCUT2D eigenvalue weighted by Crippen LogP contribution is 2.60. The molecule has 3 heteroatoms. The van der Waals surface area contributed by atoms with Crippen molar-refractivity contribution in [3.05, 3.63) is 34.9 Å². The highest BCUT2D eigenvalue weighted by Gasteiger charge is 2.54. The number of hydrogen-bond donors (Lipinski definition) is 2. The molecule has 118 valence electrons. The van der Waals surface area contributed by atoms with Gasteiger partial charge in [-0.05, 0) is 85.0 Å². The zero-order valence-electron chi connectivity index (χ0n) is 13.1. The Morgan fingerprint density at radius 3 is 2.82 bits per heavy atom. The number of carboxylic acid groups (broad SMARTS) is 1. The number of aliphatic hydroxyl groups excluding tert-OH is 1. The standard InChI is InChI=1S/C19H24O3/c1-19-9-8-14-13-4-3-12(18(21)22)10-11(13)2-5-15(14)16(19)6-7-17(19)20/h3-4,10,14-17,20H,2,5-9H2,1H3,(H,21,22)/t14-,15-,16+,17?,19+/m1/s1. The molecule has 0 spiro atoms. The lowest BCUT2D eigenvalue weighted by Crippen LogP contribution is -2.43. The Hall–Kier alpha value is -1.35. The van der Waals surface area contributed by atoms with Gasteiger partial charge in [0.2, 0.25) is 0 Å². The fourth-order valence-corrected chi connectivity index (χ4v) is 5.69. The Balaban J connectivity index is 1.69. The Morgan fingerprint density at radius 1 is 1.23 bits per heavy atom. The van der Waals surface area contributed by atoms with E-state index in [1.54, 1.807) is 6.07 Å². The lowest BCUT2D eigenvalue weighted by Gasteiger charge is -2.50. The summed E-state index contributed by atoms with van der Waals surface area (Å²) in [5.74, 6) is 1.03. The maximum absolute atomic E-state index is 11.2. The predicted octanol–water partition coefficient (Wildman–Crippen LogP) is 3.60. The largest absolute Gasteiger partial charge is 0.478 e. The van der Waals surface area contributed by atoms with E-state index < -0.39 is 5.97 Å². The lowest BCUT2D eigenvalue weighted by molar-refractivity contribution is -0.0226. The number of aromatic carboxylic acids is 1. The zero-order chi connectivity index (χ0) is 15.5. The number of rotatable bonds is 1.